The van der Waals surface area contributed by atoms with Crippen LogP contribution in [0.25, 0.3) is 0 Å². The monoisotopic (exact) mass is 333 g/mol. The number of nitrogens with zero attached hydrogens (tertiary/aromatic N) is 3. The van der Waals surface area contributed by atoms with Gasteiger partial charge in [-0.2, -0.15) is 9.40 Å². The standard InChI is InChI=1S/C17H23N3O2S/c1-4-20-16(10-11-18-20)23(21,22)19-12-15(17(2,3)13-19)14-8-6-5-7-9-14/h5-11,15H,4,12-13H2,1-3H3/t15-/m0/s1. The third-order valence-electron chi connectivity index (χ3n) is 4.70. The molecule has 0 saturated carbocycles. The number of sulfonamides is 1. The van der Waals surface area contributed by atoms with Gasteiger partial charge in [0.1, 0.15) is 0 Å². The molecule has 0 aliphatic carbocycles. The zero-order valence-corrected chi connectivity index (χ0v) is 14.6. The third-order valence-corrected chi connectivity index (χ3v) is 6.53. The van der Waals surface area contributed by atoms with Gasteiger partial charge >= 0.3 is 0 Å². The van der Waals surface area contributed by atoms with Gasteiger partial charge in [-0.15, -0.1) is 0 Å². The molecule has 3 rings (SSSR count). The highest BCUT2D eigenvalue weighted by Crippen LogP contribution is 2.43. The summed E-state index contributed by atoms with van der Waals surface area (Å²) < 4.78 is 29.2. The minimum absolute atomic E-state index is 0.106. The summed E-state index contributed by atoms with van der Waals surface area (Å²) in [4.78, 5) is 0. The van der Waals surface area contributed by atoms with Crippen LogP contribution in [0.5, 0.6) is 0 Å². The summed E-state index contributed by atoms with van der Waals surface area (Å²) in [5.74, 6) is 0.191. The minimum atomic E-state index is -3.52. The maximum atomic E-state index is 13.0. The van der Waals surface area contributed by atoms with Gasteiger partial charge < -0.3 is 0 Å². The molecule has 124 valence electrons. The first kappa shape index (κ1) is 16.2. The summed E-state index contributed by atoms with van der Waals surface area (Å²) in [6, 6.07) is 11.8. The average Bonchev–Trinajstić information content (AvgIpc) is 3.12. The summed E-state index contributed by atoms with van der Waals surface area (Å²) in [7, 11) is -3.52. The Morgan fingerprint density at radius 3 is 2.57 bits per heavy atom. The fourth-order valence-corrected chi connectivity index (χ4v) is 5.20. The fourth-order valence-electron chi connectivity index (χ4n) is 3.41. The van der Waals surface area contributed by atoms with E-state index in [4.69, 9.17) is 0 Å². The second kappa shape index (κ2) is 5.76. The fraction of sp³-hybridized carbons (Fsp3) is 0.471. The molecule has 0 unspecified atom stereocenters. The number of aryl methyl sites for hydroxylation is 1. The van der Waals surface area contributed by atoms with Gasteiger partial charge in [-0.25, -0.2) is 8.42 Å². The smallest absolute Gasteiger partial charge is 0.253 e. The Bertz CT molecular complexity index is 781. The van der Waals surface area contributed by atoms with E-state index >= 15 is 0 Å². The van der Waals surface area contributed by atoms with Crippen LogP contribution in [-0.2, 0) is 16.6 Å². The molecule has 0 amide bonds. The van der Waals surface area contributed by atoms with E-state index in [-0.39, 0.29) is 16.4 Å². The summed E-state index contributed by atoms with van der Waals surface area (Å²) in [6.07, 6.45) is 1.55. The number of aromatic nitrogens is 2. The number of hydrogen-bond acceptors (Lipinski definition) is 3. The number of hydrogen-bond donors (Lipinski definition) is 0. The lowest BCUT2D eigenvalue weighted by atomic mass is 9.78. The summed E-state index contributed by atoms with van der Waals surface area (Å²) in [6.45, 7) is 7.74. The summed E-state index contributed by atoms with van der Waals surface area (Å²) in [5.41, 5.74) is 1.09. The van der Waals surface area contributed by atoms with Crippen molar-refractivity contribution < 1.29 is 8.42 Å². The zero-order chi connectivity index (χ0) is 16.7. The topological polar surface area (TPSA) is 55.2 Å². The van der Waals surface area contributed by atoms with Crippen LogP contribution in [0, 0.1) is 5.41 Å². The molecule has 1 atom stereocenters. The van der Waals surface area contributed by atoms with E-state index in [0.717, 1.165) is 0 Å². The van der Waals surface area contributed by atoms with Crippen LogP contribution in [0.3, 0.4) is 0 Å². The molecule has 1 aliphatic heterocycles. The van der Waals surface area contributed by atoms with Crippen molar-refractivity contribution in [3.05, 3.63) is 48.2 Å². The van der Waals surface area contributed by atoms with Crippen molar-refractivity contribution in [3.63, 3.8) is 0 Å². The molecule has 6 heteroatoms. The van der Waals surface area contributed by atoms with E-state index < -0.39 is 10.0 Å². The van der Waals surface area contributed by atoms with Crippen molar-refractivity contribution in [1.82, 2.24) is 14.1 Å². The van der Waals surface area contributed by atoms with Crippen LogP contribution in [0.2, 0.25) is 0 Å². The number of rotatable bonds is 4. The van der Waals surface area contributed by atoms with Gasteiger partial charge in [0, 0.05) is 25.6 Å². The van der Waals surface area contributed by atoms with Crippen LogP contribution >= 0.6 is 0 Å². The first-order valence-corrected chi connectivity index (χ1v) is 9.37. The van der Waals surface area contributed by atoms with Gasteiger partial charge in [0.25, 0.3) is 10.0 Å². The van der Waals surface area contributed by atoms with E-state index in [0.29, 0.717) is 19.6 Å². The molecule has 1 fully saturated rings. The van der Waals surface area contributed by atoms with Crippen LogP contribution in [0.4, 0.5) is 0 Å². The number of benzene rings is 1. The Morgan fingerprint density at radius 1 is 1.22 bits per heavy atom. The van der Waals surface area contributed by atoms with Crippen LogP contribution in [0.1, 0.15) is 32.3 Å². The van der Waals surface area contributed by atoms with Crippen LogP contribution < -0.4 is 0 Å². The van der Waals surface area contributed by atoms with Crippen molar-refractivity contribution in [1.29, 1.82) is 0 Å². The van der Waals surface area contributed by atoms with Gasteiger partial charge in [-0.05, 0) is 24.0 Å². The van der Waals surface area contributed by atoms with E-state index in [1.54, 1.807) is 16.6 Å². The van der Waals surface area contributed by atoms with E-state index in [1.807, 2.05) is 25.1 Å². The van der Waals surface area contributed by atoms with E-state index in [9.17, 15) is 8.42 Å². The maximum absolute atomic E-state index is 13.0. The van der Waals surface area contributed by atoms with Crippen molar-refractivity contribution in [3.8, 4) is 0 Å². The zero-order valence-electron chi connectivity index (χ0n) is 13.8. The molecule has 0 radical (unpaired) electrons. The van der Waals surface area contributed by atoms with Crippen molar-refractivity contribution in [2.24, 2.45) is 5.41 Å². The molecule has 0 bridgehead atoms. The van der Waals surface area contributed by atoms with E-state index in [1.165, 1.54) is 10.2 Å². The molecule has 1 aliphatic rings. The lowest BCUT2D eigenvalue weighted by Crippen LogP contribution is -2.32. The highest BCUT2D eigenvalue weighted by atomic mass is 32.2. The molecule has 2 aromatic rings. The molecule has 1 aromatic carbocycles. The molecule has 0 N–H and O–H groups in total. The molecule has 5 nitrogen and oxygen atoms in total. The quantitative estimate of drug-likeness (QED) is 0.864. The van der Waals surface area contributed by atoms with Gasteiger partial charge in [0.05, 0.1) is 6.20 Å². The Labute approximate surface area is 138 Å². The lowest BCUT2D eigenvalue weighted by Gasteiger charge is -2.25. The van der Waals surface area contributed by atoms with Crippen molar-refractivity contribution >= 4 is 10.0 Å². The molecule has 1 saturated heterocycles. The highest BCUT2D eigenvalue weighted by Gasteiger charge is 2.45. The average molecular weight is 333 g/mol. The summed E-state index contributed by atoms with van der Waals surface area (Å²) in [5, 5.41) is 4.38. The Balaban J connectivity index is 1.94. The first-order valence-electron chi connectivity index (χ1n) is 7.93. The Kier molecular flexibility index (Phi) is 4.06. The largest absolute Gasteiger partial charge is 0.260 e. The molecule has 1 aromatic heterocycles. The van der Waals surface area contributed by atoms with Crippen molar-refractivity contribution in [2.75, 3.05) is 13.1 Å². The second-order valence-corrected chi connectivity index (χ2v) is 8.62. The molecular weight excluding hydrogens is 310 g/mol. The Hall–Kier alpha value is -1.66. The second-order valence-electron chi connectivity index (χ2n) is 6.73. The maximum Gasteiger partial charge on any atom is 0.260 e. The lowest BCUT2D eigenvalue weighted by molar-refractivity contribution is 0.346. The third kappa shape index (κ3) is 2.81. The molecule has 2 heterocycles. The van der Waals surface area contributed by atoms with Crippen LogP contribution in [-0.4, -0.2) is 35.6 Å². The van der Waals surface area contributed by atoms with Gasteiger partial charge in [-0.1, -0.05) is 44.2 Å². The van der Waals surface area contributed by atoms with Crippen molar-refractivity contribution in [2.45, 2.75) is 38.3 Å². The predicted octanol–water partition coefficient (Wildman–Crippen LogP) is 2.72. The Morgan fingerprint density at radius 2 is 1.91 bits per heavy atom. The van der Waals surface area contributed by atoms with Gasteiger partial charge in [-0.3, -0.25) is 4.68 Å². The molecule has 0 spiro atoms. The van der Waals surface area contributed by atoms with Crippen LogP contribution in [0.15, 0.2) is 47.6 Å². The summed E-state index contributed by atoms with van der Waals surface area (Å²) >= 11 is 0. The van der Waals surface area contributed by atoms with Gasteiger partial charge in [0.15, 0.2) is 5.03 Å². The molecule has 23 heavy (non-hydrogen) atoms. The first-order chi connectivity index (χ1) is 10.9. The minimum Gasteiger partial charge on any atom is -0.253 e. The highest BCUT2D eigenvalue weighted by molar-refractivity contribution is 7.89. The van der Waals surface area contributed by atoms with Gasteiger partial charge in [0.2, 0.25) is 0 Å². The normalized spacial score (nSPS) is 21.6. The SMILES string of the molecule is CCn1nccc1S(=O)(=O)N1C[C@@H](c2ccccc2)C(C)(C)C1. The van der Waals surface area contributed by atoms with E-state index in [2.05, 4.69) is 31.1 Å². The molecular formula is C17H23N3O2S. The predicted molar refractivity (Wildman–Crippen MR) is 89.6 cm³/mol.